The normalized spacial score (nSPS) is 13.1. The lowest BCUT2D eigenvalue weighted by Crippen LogP contribution is -1.96. The van der Waals surface area contributed by atoms with Crippen molar-refractivity contribution in [3.05, 3.63) is 29.8 Å². The highest BCUT2D eigenvalue weighted by molar-refractivity contribution is 7.99. The number of rotatable bonds is 4. The molecule has 1 rings (SSSR count). The van der Waals surface area contributed by atoms with Crippen LogP contribution in [0.2, 0.25) is 0 Å². The first-order chi connectivity index (χ1) is 6.59. The molecule has 2 heteroatoms. The van der Waals surface area contributed by atoms with E-state index in [-0.39, 0.29) is 0 Å². The minimum absolute atomic E-state index is 0.568. The summed E-state index contributed by atoms with van der Waals surface area (Å²) in [5.74, 6) is 1.97. The van der Waals surface area contributed by atoms with Crippen LogP contribution in [0.15, 0.2) is 24.3 Å². The van der Waals surface area contributed by atoms with Crippen LogP contribution in [0.25, 0.3) is 0 Å². The fraction of sp³-hybridized carbons (Fsp3) is 0.500. The molecular formula is C12H19NS. The van der Waals surface area contributed by atoms with E-state index >= 15 is 0 Å². The van der Waals surface area contributed by atoms with Gasteiger partial charge in [-0.05, 0) is 36.3 Å². The van der Waals surface area contributed by atoms with E-state index in [2.05, 4.69) is 32.9 Å². The number of nitrogen functional groups attached to an aromatic ring is 1. The number of hydrogen-bond donors (Lipinski definition) is 1. The van der Waals surface area contributed by atoms with Crippen molar-refractivity contribution < 1.29 is 0 Å². The molecule has 0 aliphatic heterocycles. The Bertz CT molecular complexity index is 266. The molecule has 0 saturated carbocycles. The molecule has 0 spiro atoms. The summed E-state index contributed by atoms with van der Waals surface area (Å²) in [5.41, 5.74) is 7.85. The van der Waals surface area contributed by atoms with Crippen LogP contribution < -0.4 is 5.73 Å². The molecule has 0 aliphatic carbocycles. The van der Waals surface area contributed by atoms with E-state index in [4.69, 9.17) is 5.73 Å². The predicted octanol–water partition coefficient (Wildman–Crippen LogP) is 3.72. The Morgan fingerprint density at radius 2 is 1.71 bits per heavy atom. The Morgan fingerprint density at radius 3 is 2.21 bits per heavy atom. The molecular weight excluding hydrogens is 190 g/mol. The van der Waals surface area contributed by atoms with E-state index in [9.17, 15) is 0 Å². The van der Waals surface area contributed by atoms with E-state index in [1.807, 2.05) is 23.9 Å². The van der Waals surface area contributed by atoms with Gasteiger partial charge in [0.1, 0.15) is 0 Å². The summed E-state index contributed by atoms with van der Waals surface area (Å²) in [6.07, 6.45) is 0. The van der Waals surface area contributed by atoms with Crippen molar-refractivity contribution in [1.82, 2.24) is 0 Å². The van der Waals surface area contributed by atoms with Crippen molar-refractivity contribution in [1.29, 1.82) is 0 Å². The van der Waals surface area contributed by atoms with Crippen LogP contribution in [-0.4, -0.2) is 5.75 Å². The Labute approximate surface area is 91.1 Å². The van der Waals surface area contributed by atoms with Crippen LogP contribution in [0, 0.1) is 5.92 Å². The Hall–Kier alpha value is -0.630. The van der Waals surface area contributed by atoms with Crippen LogP contribution in [0.5, 0.6) is 0 Å². The summed E-state index contributed by atoms with van der Waals surface area (Å²) in [7, 11) is 0. The predicted molar refractivity (Wildman–Crippen MR) is 66.6 cm³/mol. The van der Waals surface area contributed by atoms with Gasteiger partial charge in [-0.15, -0.1) is 0 Å². The van der Waals surface area contributed by atoms with Crippen molar-refractivity contribution in [3.63, 3.8) is 0 Å². The zero-order valence-corrected chi connectivity index (χ0v) is 9.97. The Balaban J connectivity index is 2.52. The maximum Gasteiger partial charge on any atom is 0.0314 e. The minimum atomic E-state index is 0.568. The largest absolute Gasteiger partial charge is 0.399 e. The minimum Gasteiger partial charge on any atom is -0.399 e. The Morgan fingerprint density at radius 1 is 1.14 bits per heavy atom. The standard InChI is InChI=1S/C12H19NS/c1-9(2)8-14-10(3)11-4-6-12(13)7-5-11/h4-7,9-10H,8,13H2,1-3H3. The third-order valence-corrected chi connectivity index (χ3v) is 3.72. The highest BCUT2D eigenvalue weighted by Gasteiger charge is 2.06. The molecule has 0 amide bonds. The molecule has 14 heavy (non-hydrogen) atoms. The molecule has 1 nitrogen and oxygen atoms in total. The first-order valence-corrected chi connectivity index (χ1v) is 6.11. The van der Waals surface area contributed by atoms with Crippen LogP contribution >= 0.6 is 11.8 Å². The van der Waals surface area contributed by atoms with E-state index in [0.29, 0.717) is 5.25 Å². The highest BCUT2D eigenvalue weighted by Crippen LogP contribution is 2.29. The van der Waals surface area contributed by atoms with Gasteiger partial charge in [-0.1, -0.05) is 26.0 Å². The smallest absolute Gasteiger partial charge is 0.0314 e. The molecule has 1 aromatic carbocycles. The third-order valence-electron chi connectivity index (χ3n) is 2.09. The molecule has 1 atom stereocenters. The summed E-state index contributed by atoms with van der Waals surface area (Å²) in [5, 5.41) is 0.568. The first kappa shape index (κ1) is 11.4. The molecule has 1 unspecified atom stereocenters. The van der Waals surface area contributed by atoms with Gasteiger partial charge in [-0.25, -0.2) is 0 Å². The second-order valence-electron chi connectivity index (χ2n) is 4.04. The lowest BCUT2D eigenvalue weighted by Gasteiger charge is -2.13. The van der Waals surface area contributed by atoms with Gasteiger partial charge in [-0.2, -0.15) is 11.8 Å². The summed E-state index contributed by atoms with van der Waals surface area (Å²) in [6, 6.07) is 8.18. The summed E-state index contributed by atoms with van der Waals surface area (Å²) < 4.78 is 0. The van der Waals surface area contributed by atoms with E-state index in [0.717, 1.165) is 11.6 Å². The monoisotopic (exact) mass is 209 g/mol. The van der Waals surface area contributed by atoms with E-state index in [1.165, 1.54) is 11.3 Å². The molecule has 0 aliphatic rings. The molecule has 2 N–H and O–H groups in total. The van der Waals surface area contributed by atoms with Gasteiger partial charge >= 0.3 is 0 Å². The fourth-order valence-electron chi connectivity index (χ4n) is 1.20. The third kappa shape index (κ3) is 3.62. The highest BCUT2D eigenvalue weighted by atomic mass is 32.2. The summed E-state index contributed by atoms with van der Waals surface area (Å²) >= 11 is 2.00. The second kappa shape index (κ2) is 5.30. The van der Waals surface area contributed by atoms with Crippen molar-refractivity contribution in [3.8, 4) is 0 Å². The average molecular weight is 209 g/mol. The SMILES string of the molecule is CC(C)CSC(C)c1ccc(N)cc1. The van der Waals surface area contributed by atoms with Gasteiger partial charge in [0.05, 0.1) is 0 Å². The van der Waals surface area contributed by atoms with Gasteiger partial charge in [0.2, 0.25) is 0 Å². The van der Waals surface area contributed by atoms with Crippen LogP contribution in [0.1, 0.15) is 31.6 Å². The van der Waals surface area contributed by atoms with E-state index in [1.54, 1.807) is 0 Å². The number of benzene rings is 1. The first-order valence-electron chi connectivity index (χ1n) is 5.06. The summed E-state index contributed by atoms with van der Waals surface area (Å²) in [6.45, 7) is 6.75. The molecule has 0 fully saturated rings. The van der Waals surface area contributed by atoms with Crippen LogP contribution in [0.3, 0.4) is 0 Å². The number of thioether (sulfide) groups is 1. The van der Waals surface area contributed by atoms with Gasteiger partial charge in [0.15, 0.2) is 0 Å². The molecule has 0 bridgehead atoms. The molecule has 78 valence electrons. The van der Waals surface area contributed by atoms with Crippen LogP contribution in [0.4, 0.5) is 5.69 Å². The van der Waals surface area contributed by atoms with Gasteiger partial charge in [0.25, 0.3) is 0 Å². The Kier molecular flexibility index (Phi) is 4.33. The molecule has 0 saturated heterocycles. The zero-order chi connectivity index (χ0) is 10.6. The maximum atomic E-state index is 5.64. The lowest BCUT2D eigenvalue weighted by atomic mass is 10.1. The molecule has 0 heterocycles. The number of nitrogens with two attached hydrogens (primary N) is 1. The van der Waals surface area contributed by atoms with Crippen molar-refractivity contribution >= 4 is 17.4 Å². The maximum absolute atomic E-state index is 5.64. The fourth-order valence-corrected chi connectivity index (χ4v) is 2.22. The second-order valence-corrected chi connectivity index (χ2v) is 5.41. The average Bonchev–Trinajstić information content (AvgIpc) is 2.15. The molecule has 1 aromatic rings. The van der Waals surface area contributed by atoms with Gasteiger partial charge in [-0.3, -0.25) is 0 Å². The van der Waals surface area contributed by atoms with Gasteiger partial charge < -0.3 is 5.73 Å². The lowest BCUT2D eigenvalue weighted by molar-refractivity contribution is 0.748. The quantitative estimate of drug-likeness (QED) is 0.765. The van der Waals surface area contributed by atoms with Gasteiger partial charge in [0, 0.05) is 10.9 Å². The molecule has 0 aromatic heterocycles. The van der Waals surface area contributed by atoms with Crippen LogP contribution in [-0.2, 0) is 0 Å². The van der Waals surface area contributed by atoms with Crippen molar-refractivity contribution in [2.45, 2.75) is 26.0 Å². The summed E-state index contributed by atoms with van der Waals surface area (Å²) in [4.78, 5) is 0. The topological polar surface area (TPSA) is 26.0 Å². The van der Waals surface area contributed by atoms with E-state index < -0.39 is 0 Å². The number of hydrogen-bond acceptors (Lipinski definition) is 2. The van der Waals surface area contributed by atoms with Crippen molar-refractivity contribution in [2.75, 3.05) is 11.5 Å². The zero-order valence-electron chi connectivity index (χ0n) is 9.16. The molecule has 0 radical (unpaired) electrons. The van der Waals surface area contributed by atoms with Crippen molar-refractivity contribution in [2.24, 2.45) is 5.92 Å². The number of anilines is 1.